The second-order valence-electron chi connectivity index (χ2n) is 8.99. The third-order valence-corrected chi connectivity index (χ3v) is 6.64. The number of piperidine rings is 1. The molecule has 0 saturated carbocycles. The zero-order chi connectivity index (χ0) is 26.3. The second kappa shape index (κ2) is 9.45. The highest BCUT2D eigenvalue weighted by Crippen LogP contribution is 2.38. The molecule has 1 saturated heterocycles. The lowest BCUT2D eigenvalue weighted by atomic mass is 9.95. The summed E-state index contributed by atoms with van der Waals surface area (Å²) in [7, 11) is 1.79. The molecule has 3 heterocycles. The minimum Gasteiger partial charge on any atom is -0.383 e. The van der Waals surface area contributed by atoms with Crippen LogP contribution in [-0.4, -0.2) is 32.6 Å². The predicted octanol–water partition coefficient (Wildman–Crippen LogP) is 5.81. The highest BCUT2D eigenvalue weighted by atomic mass is 19.4. The van der Waals surface area contributed by atoms with E-state index >= 15 is 0 Å². The molecule has 11 heteroatoms. The molecular weight excluding hydrogens is 491 g/mol. The number of anilines is 2. The van der Waals surface area contributed by atoms with Crippen molar-refractivity contribution in [2.75, 3.05) is 23.7 Å². The number of hydrogen-bond donors (Lipinski definition) is 1. The van der Waals surface area contributed by atoms with Gasteiger partial charge in [0.2, 0.25) is 0 Å². The van der Waals surface area contributed by atoms with Crippen LogP contribution >= 0.6 is 0 Å². The number of rotatable bonds is 4. The Bertz CT molecular complexity index is 1440. The molecule has 0 radical (unpaired) electrons. The van der Waals surface area contributed by atoms with Crippen LogP contribution in [0.3, 0.4) is 0 Å². The van der Waals surface area contributed by atoms with E-state index in [2.05, 4.69) is 15.0 Å². The largest absolute Gasteiger partial charge is 0.419 e. The Morgan fingerprint density at radius 3 is 2.41 bits per heavy atom. The lowest BCUT2D eigenvalue weighted by Gasteiger charge is -2.33. The highest BCUT2D eigenvalue weighted by molar-refractivity contribution is 5.84. The molecule has 1 aliphatic rings. The summed E-state index contributed by atoms with van der Waals surface area (Å²) in [6, 6.07) is 9.20. The predicted molar refractivity (Wildman–Crippen MR) is 130 cm³/mol. The minimum absolute atomic E-state index is 0.0358. The van der Waals surface area contributed by atoms with Gasteiger partial charge in [0.25, 0.3) is 0 Å². The molecule has 2 N–H and O–H groups in total. The maximum atomic E-state index is 14.6. The van der Waals surface area contributed by atoms with Crippen LogP contribution < -0.4 is 10.6 Å². The monoisotopic (exact) mass is 514 g/mol. The van der Waals surface area contributed by atoms with Crippen molar-refractivity contribution in [2.24, 2.45) is 7.05 Å². The average molecular weight is 515 g/mol. The lowest BCUT2D eigenvalue weighted by Crippen LogP contribution is -2.34. The average Bonchev–Trinajstić information content (AvgIpc) is 3.25. The van der Waals surface area contributed by atoms with Gasteiger partial charge in [0.05, 0.1) is 16.8 Å². The van der Waals surface area contributed by atoms with E-state index in [1.807, 2.05) is 4.90 Å². The van der Waals surface area contributed by atoms with Crippen LogP contribution in [0.2, 0.25) is 0 Å². The van der Waals surface area contributed by atoms with Crippen LogP contribution in [0, 0.1) is 11.6 Å². The summed E-state index contributed by atoms with van der Waals surface area (Å²) in [4.78, 5) is 15.1. The number of aryl methyl sites for hydroxylation is 1. The fourth-order valence-corrected chi connectivity index (χ4v) is 4.80. The molecule has 2 aromatic carbocycles. The topological polar surface area (TPSA) is 72.9 Å². The SMILES string of the molecule is Cn1cc(-c2ccc(F)c(C(F)(F)F)c2)nc1C1CCN(c2ncnc(N)c2-c2ccccc2F)CC1. The van der Waals surface area contributed by atoms with Gasteiger partial charge in [-0.1, -0.05) is 18.2 Å². The summed E-state index contributed by atoms with van der Waals surface area (Å²) in [5, 5.41) is 0. The molecule has 0 spiro atoms. The Morgan fingerprint density at radius 1 is 0.973 bits per heavy atom. The van der Waals surface area contributed by atoms with Crippen LogP contribution in [-0.2, 0) is 13.2 Å². The molecule has 0 unspecified atom stereocenters. The number of nitrogens with two attached hydrogens (primary N) is 1. The molecule has 2 aromatic heterocycles. The van der Waals surface area contributed by atoms with Crippen LogP contribution in [0.1, 0.15) is 30.1 Å². The highest BCUT2D eigenvalue weighted by Gasteiger charge is 2.35. The number of benzene rings is 2. The Morgan fingerprint density at radius 2 is 1.70 bits per heavy atom. The number of imidazole rings is 1. The molecule has 0 amide bonds. The van der Waals surface area contributed by atoms with E-state index in [1.54, 1.807) is 36.0 Å². The normalized spacial score (nSPS) is 14.8. The molecule has 1 fully saturated rings. The first kappa shape index (κ1) is 24.7. The molecule has 5 rings (SSSR count). The number of aromatic nitrogens is 4. The number of alkyl halides is 3. The van der Waals surface area contributed by atoms with Crippen LogP contribution in [0.25, 0.3) is 22.4 Å². The number of nitrogen functional groups attached to an aromatic ring is 1. The third-order valence-electron chi connectivity index (χ3n) is 6.64. The Balaban J connectivity index is 1.38. The lowest BCUT2D eigenvalue weighted by molar-refractivity contribution is -0.139. The van der Waals surface area contributed by atoms with E-state index in [0.717, 1.165) is 18.0 Å². The fourth-order valence-electron chi connectivity index (χ4n) is 4.80. The van der Waals surface area contributed by atoms with E-state index in [4.69, 9.17) is 5.73 Å². The summed E-state index contributed by atoms with van der Waals surface area (Å²) in [5.74, 6) is -0.251. The second-order valence-corrected chi connectivity index (χ2v) is 8.99. The van der Waals surface area contributed by atoms with Crippen molar-refractivity contribution >= 4 is 11.6 Å². The van der Waals surface area contributed by atoms with Gasteiger partial charge in [-0.15, -0.1) is 0 Å². The number of hydrogen-bond acceptors (Lipinski definition) is 5. The van der Waals surface area contributed by atoms with Gasteiger partial charge in [-0.2, -0.15) is 13.2 Å². The van der Waals surface area contributed by atoms with Crippen molar-refractivity contribution in [2.45, 2.75) is 24.9 Å². The molecule has 0 atom stereocenters. The Hall–Kier alpha value is -4.02. The summed E-state index contributed by atoms with van der Waals surface area (Å²) in [6.07, 6.45) is -0.429. The van der Waals surface area contributed by atoms with E-state index in [1.165, 1.54) is 18.5 Å². The van der Waals surface area contributed by atoms with E-state index < -0.39 is 23.4 Å². The van der Waals surface area contributed by atoms with E-state index in [0.29, 0.717) is 48.6 Å². The zero-order valence-corrected chi connectivity index (χ0v) is 19.8. The molecule has 0 bridgehead atoms. The summed E-state index contributed by atoms with van der Waals surface area (Å²) in [5.41, 5.74) is 6.10. The first-order valence-corrected chi connectivity index (χ1v) is 11.6. The third kappa shape index (κ3) is 4.73. The molecule has 1 aliphatic heterocycles. The van der Waals surface area contributed by atoms with Gasteiger partial charge in [-0.05, 0) is 37.1 Å². The maximum Gasteiger partial charge on any atom is 0.419 e. The van der Waals surface area contributed by atoms with Crippen molar-refractivity contribution in [3.05, 3.63) is 78.0 Å². The fraction of sp³-hybridized carbons (Fsp3) is 0.269. The molecule has 6 nitrogen and oxygen atoms in total. The van der Waals surface area contributed by atoms with E-state index in [9.17, 15) is 22.0 Å². The summed E-state index contributed by atoms with van der Waals surface area (Å²) in [6.45, 7) is 1.17. The Labute approximate surface area is 209 Å². The quantitative estimate of drug-likeness (QED) is 0.348. The molecule has 4 aromatic rings. The smallest absolute Gasteiger partial charge is 0.383 e. The van der Waals surface area contributed by atoms with Crippen LogP contribution in [0.15, 0.2) is 55.0 Å². The van der Waals surface area contributed by atoms with Crippen LogP contribution in [0.5, 0.6) is 0 Å². The van der Waals surface area contributed by atoms with Crippen molar-refractivity contribution < 1.29 is 22.0 Å². The van der Waals surface area contributed by atoms with Gasteiger partial charge in [0.1, 0.15) is 35.4 Å². The van der Waals surface area contributed by atoms with Gasteiger partial charge in [-0.3, -0.25) is 0 Å². The zero-order valence-electron chi connectivity index (χ0n) is 19.8. The molecule has 192 valence electrons. The first-order chi connectivity index (χ1) is 17.6. The number of nitrogens with zero attached hydrogens (tertiary/aromatic N) is 5. The Kier molecular flexibility index (Phi) is 6.30. The van der Waals surface area contributed by atoms with Gasteiger partial charge < -0.3 is 15.2 Å². The van der Waals surface area contributed by atoms with E-state index in [-0.39, 0.29) is 17.3 Å². The first-order valence-electron chi connectivity index (χ1n) is 11.6. The standard InChI is InChI=1S/C26H23F5N6/c1-36-13-21(16-6-7-20(28)18(12-16)26(29,30)31)35-24(36)15-8-10-37(11-9-15)25-22(23(32)33-14-34-25)17-4-2-3-5-19(17)27/h2-7,12-15H,8-11H2,1H3,(H2,32,33,34). The van der Waals surface area contributed by atoms with Gasteiger partial charge in [-0.25, -0.2) is 23.7 Å². The van der Waals surface area contributed by atoms with Crippen molar-refractivity contribution in [3.63, 3.8) is 0 Å². The van der Waals surface area contributed by atoms with Crippen LogP contribution in [0.4, 0.5) is 33.6 Å². The van der Waals surface area contributed by atoms with Gasteiger partial charge in [0, 0.05) is 43.4 Å². The van der Waals surface area contributed by atoms with Gasteiger partial charge >= 0.3 is 6.18 Å². The molecule has 0 aliphatic carbocycles. The van der Waals surface area contributed by atoms with Gasteiger partial charge in [0.15, 0.2) is 0 Å². The van der Waals surface area contributed by atoms with Crippen molar-refractivity contribution in [1.82, 2.24) is 19.5 Å². The molecular formula is C26H23F5N6. The summed E-state index contributed by atoms with van der Waals surface area (Å²) < 4.78 is 69.6. The minimum atomic E-state index is -4.80. The maximum absolute atomic E-state index is 14.6. The molecule has 37 heavy (non-hydrogen) atoms. The number of halogens is 5. The van der Waals surface area contributed by atoms with Crippen molar-refractivity contribution in [1.29, 1.82) is 0 Å². The van der Waals surface area contributed by atoms with Crippen molar-refractivity contribution in [3.8, 4) is 22.4 Å². The summed E-state index contributed by atoms with van der Waals surface area (Å²) >= 11 is 0.